The van der Waals surface area contributed by atoms with Gasteiger partial charge in [0.15, 0.2) is 6.29 Å². The van der Waals surface area contributed by atoms with Crippen molar-refractivity contribution in [3.8, 4) is 0 Å². The van der Waals surface area contributed by atoms with Gasteiger partial charge in [-0.25, -0.2) is 4.39 Å². The first-order valence-electron chi connectivity index (χ1n) is 3.46. The average molecular weight is 233 g/mol. The molecule has 1 aliphatic rings. The molecule has 0 amide bonds. The second-order valence-electron chi connectivity index (χ2n) is 2.62. The highest BCUT2D eigenvalue weighted by molar-refractivity contribution is 9.10. The van der Waals surface area contributed by atoms with E-state index in [1.54, 1.807) is 6.07 Å². The van der Waals surface area contributed by atoms with Gasteiger partial charge in [-0.1, -0.05) is 15.9 Å². The Morgan fingerprint density at radius 2 is 2.33 bits per heavy atom. The predicted octanol–water partition coefficient (Wildman–Crippen LogP) is 2.11. The van der Waals surface area contributed by atoms with Crippen molar-refractivity contribution >= 4 is 15.9 Å². The van der Waals surface area contributed by atoms with E-state index in [9.17, 15) is 9.50 Å². The van der Waals surface area contributed by atoms with Gasteiger partial charge in [0.05, 0.1) is 6.61 Å². The topological polar surface area (TPSA) is 29.5 Å². The maximum absolute atomic E-state index is 13.1. The van der Waals surface area contributed by atoms with Crippen LogP contribution in [0.25, 0.3) is 0 Å². The van der Waals surface area contributed by atoms with E-state index in [2.05, 4.69) is 15.9 Å². The minimum absolute atomic E-state index is 0.148. The molecule has 2 nitrogen and oxygen atoms in total. The zero-order valence-electron chi connectivity index (χ0n) is 6.05. The highest BCUT2D eigenvalue weighted by Crippen LogP contribution is 2.32. The van der Waals surface area contributed by atoms with Crippen molar-refractivity contribution in [1.29, 1.82) is 0 Å². The predicted molar refractivity (Wildman–Crippen MR) is 43.8 cm³/mol. The van der Waals surface area contributed by atoms with E-state index in [0.717, 1.165) is 0 Å². The van der Waals surface area contributed by atoms with Crippen molar-refractivity contribution in [3.63, 3.8) is 0 Å². The first kappa shape index (κ1) is 8.16. The second-order valence-corrected chi connectivity index (χ2v) is 3.53. The number of halogens is 2. The molecule has 0 bridgehead atoms. The summed E-state index contributed by atoms with van der Waals surface area (Å²) in [6.45, 7) is 0.148. The van der Waals surface area contributed by atoms with Crippen molar-refractivity contribution in [2.24, 2.45) is 0 Å². The molecular weight excluding hydrogens is 227 g/mol. The Morgan fingerprint density at radius 3 is 3.08 bits per heavy atom. The third kappa shape index (κ3) is 1.16. The number of aliphatic hydroxyl groups excluding tert-OH is 1. The number of hydrogen-bond donors (Lipinski definition) is 1. The molecule has 1 N–H and O–H groups in total. The Kier molecular flexibility index (Phi) is 1.90. The molecular formula is C8H6BrFO2. The summed E-state index contributed by atoms with van der Waals surface area (Å²) < 4.78 is 18.6. The smallest absolute Gasteiger partial charge is 0.182 e. The monoisotopic (exact) mass is 232 g/mol. The van der Waals surface area contributed by atoms with Gasteiger partial charge in [-0.2, -0.15) is 0 Å². The fourth-order valence-corrected chi connectivity index (χ4v) is 1.70. The van der Waals surface area contributed by atoms with E-state index in [0.29, 0.717) is 15.6 Å². The van der Waals surface area contributed by atoms with Crippen LogP contribution in [0.2, 0.25) is 0 Å². The molecule has 1 atom stereocenters. The highest BCUT2D eigenvalue weighted by atomic mass is 79.9. The normalized spacial score (nSPS) is 21.1. The van der Waals surface area contributed by atoms with Gasteiger partial charge in [0.25, 0.3) is 0 Å². The van der Waals surface area contributed by atoms with E-state index in [1.165, 1.54) is 6.07 Å². The van der Waals surface area contributed by atoms with Gasteiger partial charge < -0.3 is 9.84 Å². The molecule has 1 heterocycles. The fourth-order valence-electron chi connectivity index (χ4n) is 1.25. The summed E-state index contributed by atoms with van der Waals surface area (Å²) in [5, 5.41) is 9.22. The van der Waals surface area contributed by atoms with Gasteiger partial charge >= 0.3 is 0 Å². The summed E-state index contributed by atoms with van der Waals surface area (Å²) >= 11 is 3.14. The highest BCUT2D eigenvalue weighted by Gasteiger charge is 2.24. The van der Waals surface area contributed by atoms with Crippen LogP contribution in [0.15, 0.2) is 16.6 Å². The Morgan fingerprint density at radius 1 is 1.58 bits per heavy atom. The van der Waals surface area contributed by atoms with Crippen LogP contribution in [0.4, 0.5) is 4.39 Å². The molecule has 0 fully saturated rings. The van der Waals surface area contributed by atoms with Crippen LogP contribution in [-0.4, -0.2) is 5.11 Å². The zero-order chi connectivity index (χ0) is 8.72. The molecule has 0 saturated carbocycles. The number of hydrogen-bond acceptors (Lipinski definition) is 2. The molecule has 0 saturated heterocycles. The summed E-state index contributed by atoms with van der Waals surface area (Å²) in [7, 11) is 0. The first-order valence-corrected chi connectivity index (χ1v) is 4.25. The maximum Gasteiger partial charge on any atom is 0.182 e. The number of fused-ring (bicyclic) bond motifs is 1. The summed E-state index contributed by atoms with van der Waals surface area (Å²) in [5.74, 6) is -0.337. The molecule has 4 heteroatoms. The van der Waals surface area contributed by atoms with Gasteiger partial charge in [0, 0.05) is 15.6 Å². The molecule has 1 unspecified atom stereocenters. The molecule has 64 valence electrons. The van der Waals surface area contributed by atoms with Gasteiger partial charge in [-0.15, -0.1) is 0 Å². The van der Waals surface area contributed by atoms with Crippen LogP contribution in [0.5, 0.6) is 0 Å². The summed E-state index contributed by atoms with van der Waals surface area (Å²) in [4.78, 5) is 0. The van der Waals surface area contributed by atoms with Crippen molar-refractivity contribution in [3.05, 3.63) is 33.5 Å². The largest absolute Gasteiger partial charge is 0.364 e. The van der Waals surface area contributed by atoms with E-state index in [-0.39, 0.29) is 12.4 Å². The second kappa shape index (κ2) is 2.80. The Labute approximate surface area is 77.1 Å². The van der Waals surface area contributed by atoms with Crippen molar-refractivity contribution in [2.45, 2.75) is 12.9 Å². The van der Waals surface area contributed by atoms with Crippen molar-refractivity contribution in [1.82, 2.24) is 0 Å². The minimum atomic E-state index is -0.980. The average Bonchev–Trinajstić information content (AvgIpc) is 2.33. The lowest BCUT2D eigenvalue weighted by atomic mass is 10.1. The van der Waals surface area contributed by atoms with Crippen LogP contribution in [-0.2, 0) is 11.3 Å². The van der Waals surface area contributed by atoms with Gasteiger partial charge in [-0.3, -0.25) is 0 Å². The van der Waals surface area contributed by atoms with E-state index < -0.39 is 6.29 Å². The first-order chi connectivity index (χ1) is 5.68. The van der Waals surface area contributed by atoms with Crippen LogP contribution in [0, 0.1) is 5.82 Å². The molecule has 2 rings (SSSR count). The molecule has 0 aromatic heterocycles. The lowest BCUT2D eigenvalue weighted by Crippen LogP contribution is -1.93. The molecule has 0 aliphatic carbocycles. The maximum atomic E-state index is 13.1. The van der Waals surface area contributed by atoms with E-state index >= 15 is 0 Å². The summed E-state index contributed by atoms with van der Waals surface area (Å²) in [6, 6.07) is 3.02. The Hall–Kier alpha value is -0.450. The van der Waals surface area contributed by atoms with Crippen LogP contribution in [0.1, 0.15) is 17.4 Å². The number of benzene rings is 1. The lowest BCUT2D eigenvalue weighted by Gasteiger charge is -2.02. The fraction of sp³-hybridized carbons (Fsp3) is 0.250. The van der Waals surface area contributed by atoms with Gasteiger partial charge in [-0.05, 0) is 12.1 Å². The van der Waals surface area contributed by atoms with Crippen LogP contribution in [0.3, 0.4) is 0 Å². The number of ether oxygens (including phenoxy) is 1. The molecule has 0 spiro atoms. The van der Waals surface area contributed by atoms with E-state index in [1.807, 2.05) is 0 Å². The molecule has 12 heavy (non-hydrogen) atoms. The summed E-state index contributed by atoms with van der Waals surface area (Å²) in [6.07, 6.45) is -0.980. The Balaban J connectivity index is 2.60. The van der Waals surface area contributed by atoms with Gasteiger partial charge in [0.1, 0.15) is 5.82 Å². The number of rotatable bonds is 0. The quantitative estimate of drug-likeness (QED) is 0.743. The summed E-state index contributed by atoms with van der Waals surface area (Å²) in [5.41, 5.74) is 0.965. The zero-order valence-corrected chi connectivity index (χ0v) is 7.64. The molecule has 0 radical (unpaired) electrons. The van der Waals surface area contributed by atoms with Gasteiger partial charge in [0.2, 0.25) is 0 Å². The van der Waals surface area contributed by atoms with E-state index in [4.69, 9.17) is 4.74 Å². The molecule has 1 aromatic rings. The third-order valence-corrected chi connectivity index (χ3v) is 2.30. The van der Waals surface area contributed by atoms with Crippen LogP contribution < -0.4 is 0 Å². The number of aliphatic hydroxyl groups is 1. The lowest BCUT2D eigenvalue weighted by molar-refractivity contribution is -0.0920. The standard InChI is InChI=1S/C8H6BrFO2/c9-4-1-5-6(7(10)2-4)3-12-8(5)11/h1-2,8,11H,3H2. The third-order valence-electron chi connectivity index (χ3n) is 1.85. The SMILES string of the molecule is OC1OCc2c(F)cc(Br)cc21. The minimum Gasteiger partial charge on any atom is -0.364 e. The van der Waals surface area contributed by atoms with Crippen molar-refractivity contribution < 1.29 is 14.2 Å². The molecule has 1 aromatic carbocycles. The Bertz CT molecular complexity index is 327. The van der Waals surface area contributed by atoms with Crippen LogP contribution >= 0.6 is 15.9 Å². The van der Waals surface area contributed by atoms with Crippen molar-refractivity contribution in [2.75, 3.05) is 0 Å². The molecule has 1 aliphatic heterocycles.